The number of pyridine rings is 2. The van der Waals surface area contributed by atoms with Gasteiger partial charge in [0.15, 0.2) is 11.0 Å². The van der Waals surface area contributed by atoms with E-state index in [0.29, 0.717) is 16.5 Å². The molecule has 0 radical (unpaired) electrons. The van der Waals surface area contributed by atoms with Gasteiger partial charge in [0.1, 0.15) is 11.4 Å². The normalized spacial score (nSPS) is 10.9. The molecule has 17 heavy (non-hydrogen) atoms. The summed E-state index contributed by atoms with van der Waals surface area (Å²) in [5, 5.41) is 9.77. The monoisotopic (exact) mass is 245 g/mol. The Kier molecular flexibility index (Phi) is 2.23. The van der Waals surface area contributed by atoms with Gasteiger partial charge < -0.3 is 5.11 Å². The quantitative estimate of drug-likeness (QED) is 0.717. The third-order valence-electron chi connectivity index (χ3n) is 2.48. The van der Waals surface area contributed by atoms with Crippen LogP contribution < -0.4 is 0 Å². The lowest BCUT2D eigenvalue weighted by Crippen LogP contribution is -1.90. The number of halogens is 1. The van der Waals surface area contributed by atoms with Crippen LogP contribution in [0.2, 0.25) is 5.15 Å². The molecule has 3 heterocycles. The van der Waals surface area contributed by atoms with Crippen molar-refractivity contribution in [1.82, 2.24) is 14.4 Å². The predicted octanol–water partition coefficient (Wildman–Crippen LogP) is 2.76. The molecule has 0 aliphatic rings. The topological polar surface area (TPSA) is 50.4 Å². The Hall–Kier alpha value is -2.07. The van der Waals surface area contributed by atoms with Crippen molar-refractivity contribution in [3.05, 3.63) is 47.9 Å². The molecule has 5 heteroatoms. The van der Waals surface area contributed by atoms with Gasteiger partial charge in [0.2, 0.25) is 0 Å². The van der Waals surface area contributed by atoms with Gasteiger partial charge in [0.05, 0.1) is 5.52 Å². The third kappa shape index (κ3) is 1.62. The van der Waals surface area contributed by atoms with Crippen molar-refractivity contribution in [2.24, 2.45) is 0 Å². The first-order valence-corrected chi connectivity index (χ1v) is 5.41. The molecule has 0 atom stereocenters. The van der Waals surface area contributed by atoms with Crippen LogP contribution in [0.15, 0.2) is 42.7 Å². The zero-order valence-electron chi connectivity index (χ0n) is 8.71. The van der Waals surface area contributed by atoms with Crippen molar-refractivity contribution in [3.8, 4) is 17.3 Å². The van der Waals surface area contributed by atoms with Crippen molar-refractivity contribution < 1.29 is 5.11 Å². The summed E-state index contributed by atoms with van der Waals surface area (Å²) in [6.45, 7) is 0. The maximum atomic E-state index is 9.42. The Balaban J connectivity index is 2.32. The predicted molar refractivity (Wildman–Crippen MR) is 65.1 cm³/mol. The fourth-order valence-corrected chi connectivity index (χ4v) is 1.94. The van der Waals surface area contributed by atoms with E-state index in [9.17, 15) is 5.11 Å². The summed E-state index contributed by atoms with van der Waals surface area (Å²) < 4.78 is 1.80. The minimum absolute atomic E-state index is 0.159. The number of nitrogens with zero attached hydrogens (tertiary/aromatic N) is 3. The Morgan fingerprint density at radius 2 is 2.12 bits per heavy atom. The van der Waals surface area contributed by atoms with E-state index in [4.69, 9.17) is 11.6 Å². The van der Waals surface area contributed by atoms with E-state index in [1.807, 2.05) is 18.2 Å². The molecule has 3 aromatic heterocycles. The van der Waals surface area contributed by atoms with Gasteiger partial charge in [-0.05, 0) is 18.2 Å². The fraction of sp³-hybridized carbons (Fsp3) is 0. The molecule has 0 saturated heterocycles. The Labute approximate surface area is 102 Å². The molecule has 0 unspecified atom stereocenters. The van der Waals surface area contributed by atoms with Gasteiger partial charge in [-0.1, -0.05) is 17.7 Å². The second-order valence-electron chi connectivity index (χ2n) is 3.58. The summed E-state index contributed by atoms with van der Waals surface area (Å²) in [5.41, 5.74) is 1.40. The molecule has 0 aliphatic heterocycles. The summed E-state index contributed by atoms with van der Waals surface area (Å²) in [6.07, 6.45) is 3.41. The fourth-order valence-electron chi connectivity index (χ4n) is 1.71. The van der Waals surface area contributed by atoms with Gasteiger partial charge in [-0.2, -0.15) is 0 Å². The molecule has 1 N–H and O–H groups in total. The van der Waals surface area contributed by atoms with Crippen LogP contribution in [0, 0.1) is 0 Å². The van der Waals surface area contributed by atoms with Crippen LogP contribution in [0.25, 0.3) is 17.0 Å². The summed E-state index contributed by atoms with van der Waals surface area (Å²) in [4.78, 5) is 8.49. The van der Waals surface area contributed by atoms with Crippen LogP contribution in [0.5, 0.6) is 5.75 Å². The highest BCUT2D eigenvalue weighted by Gasteiger charge is 2.12. The van der Waals surface area contributed by atoms with Crippen molar-refractivity contribution >= 4 is 17.1 Å². The van der Waals surface area contributed by atoms with E-state index in [1.54, 1.807) is 28.9 Å². The van der Waals surface area contributed by atoms with E-state index < -0.39 is 0 Å². The molecule has 0 bridgehead atoms. The van der Waals surface area contributed by atoms with Crippen LogP contribution in [0.1, 0.15) is 0 Å². The highest BCUT2D eigenvalue weighted by molar-refractivity contribution is 6.32. The average Bonchev–Trinajstić information content (AvgIpc) is 2.68. The number of aromatic hydroxyl groups is 1. The Bertz CT molecular complexity index is 679. The average molecular weight is 246 g/mol. The lowest BCUT2D eigenvalue weighted by molar-refractivity contribution is 0.475. The number of hydrogen-bond donors (Lipinski definition) is 1. The number of rotatable bonds is 1. The van der Waals surface area contributed by atoms with Gasteiger partial charge in [-0.3, -0.25) is 9.38 Å². The Morgan fingerprint density at radius 3 is 2.88 bits per heavy atom. The maximum absolute atomic E-state index is 9.42. The maximum Gasteiger partial charge on any atom is 0.165 e. The van der Waals surface area contributed by atoms with Gasteiger partial charge in [-0.25, -0.2) is 4.98 Å². The molecule has 4 nitrogen and oxygen atoms in total. The van der Waals surface area contributed by atoms with Crippen LogP contribution in [-0.4, -0.2) is 19.5 Å². The van der Waals surface area contributed by atoms with Crippen LogP contribution in [-0.2, 0) is 0 Å². The Morgan fingerprint density at radius 1 is 1.24 bits per heavy atom. The van der Waals surface area contributed by atoms with Gasteiger partial charge >= 0.3 is 0 Å². The molecule has 0 amide bonds. The standard InChI is InChI=1S/C12H8ClN3O/c13-11-10-7-8(17)4-6-16(10)12(15-11)9-3-1-2-5-14-9/h1-7,17H. The van der Waals surface area contributed by atoms with Crippen molar-refractivity contribution in [1.29, 1.82) is 0 Å². The highest BCUT2D eigenvalue weighted by Crippen LogP contribution is 2.26. The van der Waals surface area contributed by atoms with E-state index in [-0.39, 0.29) is 5.75 Å². The van der Waals surface area contributed by atoms with Crippen LogP contribution in [0.4, 0.5) is 0 Å². The molecule has 3 aromatic rings. The molecule has 0 aliphatic carbocycles. The number of fused-ring (bicyclic) bond motifs is 1. The van der Waals surface area contributed by atoms with E-state index >= 15 is 0 Å². The van der Waals surface area contributed by atoms with Gasteiger partial charge in [0, 0.05) is 18.5 Å². The number of imidazole rings is 1. The molecular formula is C12H8ClN3O. The number of hydrogen-bond acceptors (Lipinski definition) is 3. The summed E-state index contributed by atoms with van der Waals surface area (Å²) in [7, 11) is 0. The minimum atomic E-state index is 0.159. The summed E-state index contributed by atoms with van der Waals surface area (Å²) in [5.74, 6) is 0.817. The molecule has 3 rings (SSSR count). The van der Waals surface area contributed by atoms with Crippen molar-refractivity contribution in [3.63, 3.8) is 0 Å². The molecule has 0 saturated carbocycles. The molecule has 0 spiro atoms. The van der Waals surface area contributed by atoms with Crippen molar-refractivity contribution in [2.75, 3.05) is 0 Å². The SMILES string of the molecule is Oc1ccn2c(-c3ccccn3)nc(Cl)c2c1. The molecule has 0 fully saturated rings. The lowest BCUT2D eigenvalue weighted by atomic mass is 10.3. The second-order valence-corrected chi connectivity index (χ2v) is 3.94. The second kappa shape index (κ2) is 3.75. The first-order valence-electron chi connectivity index (χ1n) is 5.04. The first kappa shape index (κ1) is 10.1. The summed E-state index contributed by atoms with van der Waals surface area (Å²) >= 11 is 6.03. The highest BCUT2D eigenvalue weighted by atomic mass is 35.5. The van der Waals surface area contributed by atoms with E-state index in [1.165, 1.54) is 0 Å². The van der Waals surface area contributed by atoms with E-state index in [2.05, 4.69) is 9.97 Å². The van der Waals surface area contributed by atoms with Gasteiger partial charge in [-0.15, -0.1) is 0 Å². The van der Waals surface area contributed by atoms with E-state index in [0.717, 1.165) is 5.69 Å². The number of aromatic nitrogens is 3. The molecular weight excluding hydrogens is 238 g/mol. The first-order chi connectivity index (χ1) is 8.25. The zero-order valence-corrected chi connectivity index (χ0v) is 9.46. The van der Waals surface area contributed by atoms with Crippen LogP contribution >= 0.6 is 11.6 Å². The van der Waals surface area contributed by atoms with Crippen molar-refractivity contribution in [2.45, 2.75) is 0 Å². The largest absolute Gasteiger partial charge is 0.508 e. The minimum Gasteiger partial charge on any atom is -0.508 e. The lowest BCUT2D eigenvalue weighted by Gasteiger charge is -2.00. The smallest absolute Gasteiger partial charge is 0.165 e. The zero-order chi connectivity index (χ0) is 11.8. The molecule has 84 valence electrons. The molecule has 0 aromatic carbocycles. The summed E-state index contributed by atoms with van der Waals surface area (Å²) in [6, 6.07) is 8.74. The van der Waals surface area contributed by atoms with Crippen LogP contribution in [0.3, 0.4) is 0 Å². The van der Waals surface area contributed by atoms with Gasteiger partial charge in [0.25, 0.3) is 0 Å². The third-order valence-corrected chi connectivity index (χ3v) is 2.75.